The number of hydrogen-bond acceptors (Lipinski definition) is 6. The van der Waals surface area contributed by atoms with E-state index >= 15 is 0 Å². The van der Waals surface area contributed by atoms with Crippen LogP contribution in [0.2, 0.25) is 0 Å². The van der Waals surface area contributed by atoms with Gasteiger partial charge in [0.05, 0.1) is 7.11 Å². The van der Waals surface area contributed by atoms with Gasteiger partial charge in [-0.15, -0.1) is 0 Å². The van der Waals surface area contributed by atoms with Crippen molar-refractivity contribution in [2.45, 2.75) is 64.1 Å². The molecule has 1 aliphatic carbocycles. The second-order valence-electron chi connectivity index (χ2n) is 10.0. The third-order valence-electron chi connectivity index (χ3n) is 7.76. The van der Waals surface area contributed by atoms with Crippen molar-refractivity contribution in [2.75, 3.05) is 39.8 Å². The molecule has 34 heavy (non-hydrogen) atoms. The number of piperidine rings is 1. The Balaban J connectivity index is 1.35. The Morgan fingerprint density at radius 1 is 1.09 bits per heavy atom. The molecule has 1 aromatic rings. The second kappa shape index (κ2) is 10.8. The first kappa shape index (κ1) is 24.5. The molecule has 4 rings (SSSR count). The maximum atomic E-state index is 13.0. The van der Waals surface area contributed by atoms with E-state index in [-0.39, 0.29) is 38.1 Å². The molecule has 0 bridgehead atoms. The number of methoxy groups -OCH3 is 1. The summed E-state index contributed by atoms with van der Waals surface area (Å²) in [6.07, 6.45) is 5.43. The highest BCUT2D eigenvalue weighted by Crippen LogP contribution is 2.53. The highest BCUT2D eigenvalue weighted by atomic mass is 16.6. The maximum absolute atomic E-state index is 13.0. The van der Waals surface area contributed by atoms with E-state index in [9.17, 15) is 14.4 Å². The number of hydrogen-bond donors (Lipinski definition) is 0. The van der Waals surface area contributed by atoms with Crippen LogP contribution >= 0.6 is 0 Å². The summed E-state index contributed by atoms with van der Waals surface area (Å²) in [6, 6.07) is 8.60. The van der Waals surface area contributed by atoms with Gasteiger partial charge in [0.1, 0.15) is 12.6 Å². The number of carbonyl (C=O) groups excluding carboxylic acids is 3. The van der Waals surface area contributed by atoms with Gasteiger partial charge in [0.15, 0.2) is 0 Å². The Morgan fingerprint density at radius 2 is 1.79 bits per heavy atom. The first-order chi connectivity index (χ1) is 16.4. The quantitative estimate of drug-likeness (QED) is 0.569. The number of nitrogens with zero attached hydrogens (tertiary/aromatic N) is 3. The molecule has 8 nitrogen and oxygen atoms in total. The molecule has 1 spiro atoms. The molecule has 3 fully saturated rings. The number of carbonyl (C=O) groups is 3. The van der Waals surface area contributed by atoms with E-state index in [0.29, 0.717) is 11.8 Å². The van der Waals surface area contributed by atoms with Gasteiger partial charge in [-0.25, -0.2) is 9.59 Å². The summed E-state index contributed by atoms with van der Waals surface area (Å²) in [7, 11) is 1.37. The van der Waals surface area contributed by atoms with Gasteiger partial charge in [-0.1, -0.05) is 30.3 Å². The van der Waals surface area contributed by atoms with Crippen LogP contribution < -0.4 is 0 Å². The maximum Gasteiger partial charge on any atom is 0.410 e. The molecular formula is C26H37N3O5. The highest BCUT2D eigenvalue weighted by molar-refractivity contribution is 5.85. The third kappa shape index (κ3) is 5.90. The van der Waals surface area contributed by atoms with E-state index in [1.807, 2.05) is 37.3 Å². The SMILES string of the molecule is COC(=O)C(CCN1CCC2(CC1)CC2)N1CC(C)N(C(=O)OCc2ccccc2)CCC1=O. The van der Waals surface area contributed by atoms with Gasteiger partial charge in [-0.2, -0.15) is 0 Å². The molecule has 2 heterocycles. The molecule has 2 saturated heterocycles. The fourth-order valence-electron chi connectivity index (χ4n) is 5.21. The van der Waals surface area contributed by atoms with Gasteiger partial charge < -0.3 is 24.2 Å². The first-order valence-corrected chi connectivity index (χ1v) is 12.5. The van der Waals surface area contributed by atoms with Crippen LogP contribution in [0.4, 0.5) is 4.79 Å². The number of likely N-dealkylation sites (tertiary alicyclic amines) is 1. The summed E-state index contributed by atoms with van der Waals surface area (Å²) in [4.78, 5) is 44.1. The zero-order valence-corrected chi connectivity index (χ0v) is 20.4. The second-order valence-corrected chi connectivity index (χ2v) is 10.0. The molecule has 2 amide bonds. The molecule has 1 saturated carbocycles. The topological polar surface area (TPSA) is 79.4 Å². The van der Waals surface area contributed by atoms with E-state index in [0.717, 1.165) is 25.2 Å². The van der Waals surface area contributed by atoms with Crippen molar-refractivity contribution in [1.82, 2.24) is 14.7 Å². The lowest BCUT2D eigenvalue weighted by Gasteiger charge is -2.35. The van der Waals surface area contributed by atoms with E-state index < -0.39 is 18.1 Å². The number of ether oxygens (including phenoxy) is 2. The molecule has 0 aromatic heterocycles. The minimum absolute atomic E-state index is 0.129. The number of esters is 1. The van der Waals surface area contributed by atoms with Gasteiger partial charge in [0, 0.05) is 32.1 Å². The average molecular weight is 472 g/mol. The fraction of sp³-hybridized carbons (Fsp3) is 0.654. The van der Waals surface area contributed by atoms with E-state index in [4.69, 9.17) is 9.47 Å². The van der Waals surface area contributed by atoms with Gasteiger partial charge >= 0.3 is 12.1 Å². The minimum Gasteiger partial charge on any atom is -0.467 e. The van der Waals surface area contributed by atoms with E-state index in [1.165, 1.54) is 32.8 Å². The van der Waals surface area contributed by atoms with Crippen molar-refractivity contribution in [1.29, 1.82) is 0 Å². The average Bonchev–Trinajstić information content (AvgIpc) is 3.63. The monoisotopic (exact) mass is 471 g/mol. The van der Waals surface area contributed by atoms with Crippen molar-refractivity contribution >= 4 is 18.0 Å². The lowest BCUT2D eigenvalue weighted by molar-refractivity contribution is -0.153. The molecule has 8 heteroatoms. The summed E-state index contributed by atoms with van der Waals surface area (Å²) in [5.41, 5.74) is 1.51. The summed E-state index contributed by atoms with van der Waals surface area (Å²) in [5.74, 6) is -0.521. The normalized spacial score (nSPS) is 23.4. The van der Waals surface area contributed by atoms with E-state index in [2.05, 4.69) is 4.90 Å². The number of benzene rings is 1. The Kier molecular flexibility index (Phi) is 7.76. The van der Waals surface area contributed by atoms with Gasteiger partial charge in [0.25, 0.3) is 0 Å². The first-order valence-electron chi connectivity index (χ1n) is 12.5. The van der Waals surface area contributed by atoms with Gasteiger partial charge in [-0.05, 0) is 63.1 Å². The zero-order valence-electron chi connectivity index (χ0n) is 20.4. The van der Waals surface area contributed by atoms with Crippen molar-refractivity contribution in [3.05, 3.63) is 35.9 Å². The summed E-state index contributed by atoms with van der Waals surface area (Å²) >= 11 is 0. The van der Waals surface area contributed by atoms with Crippen molar-refractivity contribution in [3.8, 4) is 0 Å². The smallest absolute Gasteiger partial charge is 0.410 e. The number of rotatable bonds is 7. The molecule has 186 valence electrons. The standard InChI is InChI=1S/C26H37N3O5/c1-20-18-29(22(24(31)33-2)8-14-27-16-12-26(10-11-26)13-17-27)23(30)9-15-28(20)25(32)34-19-21-6-4-3-5-7-21/h3-7,20,22H,8-19H2,1-2H3. The van der Waals surface area contributed by atoms with Gasteiger partial charge in [0.2, 0.25) is 5.91 Å². The van der Waals surface area contributed by atoms with Crippen LogP contribution in [0.25, 0.3) is 0 Å². The molecular weight excluding hydrogens is 434 g/mol. The van der Waals surface area contributed by atoms with Crippen LogP contribution in [0.3, 0.4) is 0 Å². The number of amides is 2. The van der Waals surface area contributed by atoms with Crippen LogP contribution in [0.1, 0.15) is 51.0 Å². The van der Waals surface area contributed by atoms with Crippen LogP contribution in [0, 0.1) is 5.41 Å². The zero-order chi connectivity index (χ0) is 24.1. The van der Waals surface area contributed by atoms with Crippen LogP contribution in [0.5, 0.6) is 0 Å². The highest BCUT2D eigenvalue weighted by Gasteiger charge is 2.44. The predicted molar refractivity (Wildman–Crippen MR) is 127 cm³/mol. The van der Waals surface area contributed by atoms with Crippen molar-refractivity contribution in [2.24, 2.45) is 5.41 Å². The Morgan fingerprint density at radius 3 is 2.44 bits per heavy atom. The molecule has 2 unspecified atom stereocenters. The lowest BCUT2D eigenvalue weighted by Crippen LogP contribution is -2.50. The largest absolute Gasteiger partial charge is 0.467 e. The van der Waals surface area contributed by atoms with Gasteiger partial charge in [-0.3, -0.25) is 4.79 Å². The van der Waals surface area contributed by atoms with Crippen LogP contribution in [0.15, 0.2) is 30.3 Å². The Bertz CT molecular complexity index is 862. The van der Waals surface area contributed by atoms with Crippen LogP contribution in [-0.4, -0.2) is 84.6 Å². The Labute approximate surface area is 202 Å². The summed E-state index contributed by atoms with van der Waals surface area (Å²) in [6.45, 7) is 5.50. The van der Waals surface area contributed by atoms with Crippen molar-refractivity contribution < 1.29 is 23.9 Å². The lowest BCUT2D eigenvalue weighted by atomic mass is 9.93. The molecule has 0 N–H and O–H groups in total. The molecule has 2 atom stereocenters. The molecule has 1 aromatic carbocycles. The van der Waals surface area contributed by atoms with Crippen molar-refractivity contribution in [3.63, 3.8) is 0 Å². The fourth-order valence-corrected chi connectivity index (χ4v) is 5.21. The van der Waals surface area contributed by atoms with Crippen LogP contribution in [-0.2, 0) is 25.7 Å². The summed E-state index contributed by atoms with van der Waals surface area (Å²) < 4.78 is 10.6. The third-order valence-corrected chi connectivity index (χ3v) is 7.76. The predicted octanol–water partition coefficient (Wildman–Crippen LogP) is 3.05. The Hall–Kier alpha value is -2.61. The molecule has 0 radical (unpaired) electrons. The minimum atomic E-state index is -0.642. The summed E-state index contributed by atoms with van der Waals surface area (Å²) in [5, 5.41) is 0. The van der Waals surface area contributed by atoms with E-state index in [1.54, 1.807) is 9.80 Å². The molecule has 2 aliphatic heterocycles. The molecule has 3 aliphatic rings.